The molecule has 0 aliphatic carbocycles. The number of fused-ring (bicyclic) bond motifs is 3. The average molecular weight is 369 g/mol. The number of nitrogens with two attached hydrogens (primary N) is 1. The van der Waals surface area contributed by atoms with Gasteiger partial charge < -0.3 is 11.1 Å². The van der Waals surface area contributed by atoms with Crippen LogP contribution in [-0.4, -0.2) is 41.9 Å². The normalized spacial score (nSPS) is 27.3. The third-order valence-electron chi connectivity index (χ3n) is 5.74. The SMILES string of the molecule is C[C@H]1[C@H](NC(=O)c2ccc(-c3cccc(C(N)=O)c3)s2)C2CCN1CC2. The summed E-state index contributed by atoms with van der Waals surface area (Å²) < 4.78 is 0. The molecule has 2 amide bonds. The molecule has 2 aromatic rings. The Morgan fingerprint density at radius 3 is 2.65 bits per heavy atom. The fourth-order valence-corrected chi connectivity index (χ4v) is 5.11. The van der Waals surface area contributed by atoms with Crippen molar-refractivity contribution in [2.24, 2.45) is 11.7 Å². The molecule has 5 nitrogen and oxygen atoms in total. The summed E-state index contributed by atoms with van der Waals surface area (Å²) >= 11 is 1.45. The van der Waals surface area contributed by atoms with Gasteiger partial charge in [-0.1, -0.05) is 12.1 Å². The van der Waals surface area contributed by atoms with Gasteiger partial charge >= 0.3 is 0 Å². The predicted octanol–water partition coefficient (Wildman–Crippen LogP) is 2.73. The van der Waals surface area contributed by atoms with E-state index in [1.165, 1.54) is 24.2 Å². The van der Waals surface area contributed by atoms with Gasteiger partial charge in [-0.2, -0.15) is 0 Å². The lowest BCUT2D eigenvalue weighted by Gasteiger charge is -2.49. The number of carbonyl (C=O) groups is 2. The number of nitrogens with one attached hydrogen (secondary N) is 1. The molecule has 3 aliphatic heterocycles. The maximum Gasteiger partial charge on any atom is 0.261 e. The standard InChI is InChI=1S/C20H23N3O2S/c1-12-18(13-7-9-23(12)10-8-13)22-20(25)17-6-5-16(26-17)14-3-2-4-15(11-14)19(21)24/h2-6,11-13,18H,7-10H2,1H3,(H2,21,24)(H,22,25)/t12-,18-/m0/s1. The molecule has 0 radical (unpaired) electrons. The van der Waals surface area contributed by atoms with E-state index >= 15 is 0 Å². The maximum atomic E-state index is 12.8. The van der Waals surface area contributed by atoms with Crippen molar-refractivity contribution in [2.45, 2.75) is 31.8 Å². The molecule has 0 saturated carbocycles. The minimum Gasteiger partial charge on any atom is -0.366 e. The van der Waals surface area contributed by atoms with Crippen LogP contribution in [0.5, 0.6) is 0 Å². The molecule has 0 spiro atoms. The first-order valence-electron chi connectivity index (χ1n) is 9.08. The van der Waals surface area contributed by atoms with Crippen molar-refractivity contribution in [1.29, 1.82) is 0 Å². The minimum absolute atomic E-state index is 0.00194. The second-order valence-electron chi connectivity index (χ2n) is 7.22. The van der Waals surface area contributed by atoms with Gasteiger partial charge in [-0.15, -0.1) is 11.3 Å². The lowest BCUT2D eigenvalue weighted by molar-refractivity contribution is 0.0218. The van der Waals surface area contributed by atoms with Crippen LogP contribution in [0.4, 0.5) is 0 Å². The van der Waals surface area contributed by atoms with E-state index < -0.39 is 5.91 Å². The zero-order chi connectivity index (χ0) is 18.3. The van der Waals surface area contributed by atoms with Gasteiger partial charge in [0.1, 0.15) is 0 Å². The number of piperidine rings is 3. The molecule has 2 bridgehead atoms. The Morgan fingerprint density at radius 2 is 1.96 bits per heavy atom. The van der Waals surface area contributed by atoms with Gasteiger partial charge in [0.25, 0.3) is 5.91 Å². The third kappa shape index (κ3) is 3.15. The van der Waals surface area contributed by atoms with Crippen LogP contribution in [0.15, 0.2) is 36.4 Å². The van der Waals surface area contributed by atoms with E-state index in [-0.39, 0.29) is 11.9 Å². The fourth-order valence-electron chi connectivity index (χ4n) is 4.21. The maximum absolute atomic E-state index is 12.8. The van der Waals surface area contributed by atoms with Gasteiger partial charge in [-0.25, -0.2) is 0 Å². The summed E-state index contributed by atoms with van der Waals surface area (Å²) in [5, 5.41) is 3.27. The number of hydrogen-bond donors (Lipinski definition) is 2. The zero-order valence-electron chi connectivity index (χ0n) is 14.8. The molecule has 3 aliphatic rings. The van der Waals surface area contributed by atoms with Gasteiger partial charge in [0.2, 0.25) is 5.91 Å². The summed E-state index contributed by atoms with van der Waals surface area (Å²) in [5.74, 6) is 0.140. The van der Waals surface area contributed by atoms with Crippen molar-refractivity contribution in [1.82, 2.24) is 10.2 Å². The van der Waals surface area contributed by atoms with Crippen LogP contribution in [0, 0.1) is 5.92 Å². The predicted molar refractivity (Wildman–Crippen MR) is 103 cm³/mol. The third-order valence-corrected chi connectivity index (χ3v) is 6.87. The topological polar surface area (TPSA) is 75.4 Å². The van der Waals surface area contributed by atoms with Crippen molar-refractivity contribution < 1.29 is 9.59 Å². The van der Waals surface area contributed by atoms with Crippen molar-refractivity contribution in [3.05, 3.63) is 46.8 Å². The Labute approximate surface area is 157 Å². The Balaban J connectivity index is 1.50. The van der Waals surface area contributed by atoms with Gasteiger partial charge in [-0.05, 0) is 68.6 Å². The molecule has 26 heavy (non-hydrogen) atoms. The first-order valence-corrected chi connectivity index (χ1v) is 9.89. The first-order chi connectivity index (χ1) is 12.5. The number of amides is 2. The molecule has 3 fully saturated rings. The quantitative estimate of drug-likeness (QED) is 0.870. The van der Waals surface area contributed by atoms with E-state index in [9.17, 15) is 9.59 Å². The summed E-state index contributed by atoms with van der Waals surface area (Å²) in [4.78, 5) is 28.3. The second-order valence-corrected chi connectivity index (χ2v) is 8.31. The Hall–Kier alpha value is -2.18. The number of hydrogen-bond acceptors (Lipinski definition) is 4. The van der Waals surface area contributed by atoms with E-state index in [0.29, 0.717) is 22.4 Å². The molecule has 5 rings (SSSR count). The lowest BCUT2D eigenvalue weighted by Crippen LogP contribution is -2.62. The molecule has 1 aromatic heterocycles. The van der Waals surface area contributed by atoms with E-state index in [4.69, 9.17) is 5.73 Å². The van der Waals surface area contributed by atoms with E-state index in [2.05, 4.69) is 17.1 Å². The van der Waals surface area contributed by atoms with Crippen LogP contribution in [0.3, 0.4) is 0 Å². The summed E-state index contributed by atoms with van der Waals surface area (Å²) in [6.07, 6.45) is 2.34. The fraction of sp³-hybridized carbons (Fsp3) is 0.400. The highest BCUT2D eigenvalue weighted by Crippen LogP contribution is 2.33. The van der Waals surface area contributed by atoms with Crippen molar-refractivity contribution in [3.63, 3.8) is 0 Å². The summed E-state index contributed by atoms with van der Waals surface area (Å²) in [6, 6.07) is 11.6. The van der Waals surface area contributed by atoms with Crippen LogP contribution >= 0.6 is 11.3 Å². The molecule has 2 atom stereocenters. The number of carbonyl (C=O) groups excluding carboxylic acids is 2. The lowest BCUT2D eigenvalue weighted by atomic mass is 9.79. The van der Waals surface area contributed by atoms with Crippen molar-refractivity contribution in [3.8, 4) is 10.4 Å². The van der Waals surface area contributed by atoms with Crippen LogP contribution in [0.2, 0.25) is 0 Å². The number of thiophene rings is 1. The van der Waals surface area contributed by atoms with Gasteiger partial charge in [0, 0.05) is 22.5 Å². The van der Waals surface area contributed by atoms with Crippen molar-refractivity contribution >= 4 is 23.2 Å². The van der Waals surface area contributed by atoms with Gasteiger partial charge in [-0.3, -0.25) is 14.5 Å². The summed E-state index contributed by atoms with van der Waals surface area (Å²) in [6.45, 7) is 4.51. The monoisotopic (exact) mass is 369 g/mol. The van der Waals surface area contributed by atoms with Crippen LogP contribution in [-0.2, 0) is 0 Å². The van der Waals surface area contributed by atoms with E-state index in [1.807, 2.05) is 24.3 Å². The molecular weight excluding hydrogens is 346 g/mol. The Bertz CT molecular complexity index is 837. The molecule has 6 heteroatoms. The minimum atomic E-state index is -0.447. The molecule has 1 aromatic carbocycles. The molecule has 4 heterocycles. The Morgan fingerprint density at radius 1 is 1.19 bits per heavy atom. The molecule has 3 N–H and O–H groups in total. The smallest absolute Gasteiger partial charge is 0.261 e. The Kier molecular flexibility index (Phi) is 4.54. The van der Waals surface area contributed by atoms with Crippen LogP contribution < -0.4 is 11.1 Å². The average Bonchev–Trinajstić information content (AvgIpc) is 3.15. The van der Waals surface area contributed by atoms with Crippen LogP contribution in [0.25, 0.3) is 10.4 Å². The molecular formula is C20H23N3O2S. The van der Waals surface area contributed by atoms with Gasteiger partial charge in [0.15, 0.2) is 0 Å². The van der Waals surface area contributed by atoms with Crippen molar-refractivity contribution in [2.75, 3.05) is 13.1 Å². The molecule has 3 saturated heterocycles. The highest BCUT2D eigenvalue weighted by Gasteiger charge is 2.40. The number of primary amides is 1. The van der Waals surface area contributed by atoms with E-state index in [0.717, 1.165) is 23.5 Å². The number of benzene rings is 1. The van der Waals surface area contributed by atoms with E-state index in [1.54, 1.807) is 12.1 Å². The first kappa shape index (κ1) is 17.2. The molecule has 136 valence electrons. The largest absolute Gasteiger partial charge is 0.366 e. The highest BCUT2D eigenvalue weighted by molar-refractivity contribution is 7.17. The molecule has 0 unspecified atom stereocenters. The zero-order valence-corrected chi connectivity index (χ0v) is 15.6. The number of rotatable bonds is 4. The van der Waals surface area contributed by atoms with Crippen LogP contribution in [0.1, 0.15) is 39.8 Å². The summed E-state index contributed by atoms with van der Waals surface area (Å²) in [5.41, 5.74) is 6.74. The van der Waals surface area contributed by atoms with Gasteiger partial charge in [0.05, 0.1) is 4.88 Å². The number of nitrogens with zero attached hydrogens (tertiary/aromatic N) is 1. The second kappa shape index (κ2) is 6.85. The summed E-state index contributed by atoms with van der Waals surface area (Å²) in [7, 11) is 0. The highest BCUT2D eigenvalue weighted by atomic mass is 32.1.